The van der Waals surface area contributed by atoms with Crippen LogP contribution in [0.25, 0.3) is 0 Å². The van der Waals surface area contributed by atoms with E-state index in [1.54, 1.807) is 30.5 Å². The van der Waals surface area contributed by atoms with Crippen molar-refractivity contribution in [1.29, 1.82) is 0 Å². The van der Waals surface area contributed by atoms with Gasteiger partial charge in [0.1, 0.15) is 17.9 Å². The average molecular weight is 402 g/mol. The van der Waals surface area contributed by atoms with Crippen LogP contribution in [0.4, 0.5) is 17.3 Å². The lowest BCUT2D eigenvalue weighted by Gasteiger charge is -2.09. The number of hydrogen-bond donors (Lipinski definition) is 1. The topological polar surface area (TPSA) is 103 Å². The lowest BCUT2D eigenvalue weighted by Crippen LogP contribution is -2.04. The van der Waals surface area contributed by atoms with E-state index in [0.717, 1.165) is 10.0 Å². The lowest BCUT2D eigenvalue weighted by atomic mass is 10.2. The van der Waals surface area contributed by atoms with E-state index in [0.29, 0.717) is 11.6 Å². The Bertz CT molecular complexity index is 835. The normalized spacial score (nSPS) is 10.3. The van der Waals surface area contributed by atoms with E-state index in [4.69, 9.17) is 4.74 Å². The SMILES string of the molecule is Cc1ccc(Oc2ncnc(Nc3ccc(Br)cn3)c2[N+](=O)[O-])cc1. The third-order valence-electron chi connectivity index (χ3n) is 3.18. The molecule has 0 amide bonds. The zero-order valence-electron chi connectivity index (χ0n) is 13.0. The van der Waals surface area contributed by atoms with Crippen LogP contribution in [0.2, 0.25) is 0 Å². The van der Waals surface area contributed by atoms with E-state index < -0.39 is 4.92 Å². The maximum atomic E-state index is 11.5. The second kappa shape index (κ2) is 7.22. The van der Waals surface area contributed by atoms with Crippen LogP contribution >= 0.6 is 15.9 Å². The molecule has 2 aromatic heterocycles. The average Bonchev–Trinajstić information content (AvgIpc) is 2.59. The molecule has 3 rings (SSSR count). The fraction of sp³-hybridized carbons (Fsp3) is 0.0625. The predicted molar refractivity (Wildman–Crippen MR) is 95.2 cm³/mol. The second-order valence-electron chi connectivity index (χ2n) is 5.03. The first-order chi connectivity index (χ1) is 12.0. The van der Waals surface area contributed by atoms with Crippen molar-refractivity contribution in [2.24, 2.45) is 0 Å². The Morgan fingerprint density at radius 2 is 1.88 bits per heavy atom. The van der Waals surface area contributed by atoms with Crippen molar-refractivity contribution in [3.63, 3.8) is 0 Å². The molecule has 2 heterocycles. The molecule has 0 unspecified atom stereocenters. The van der Waals surface area contributed by atoms with Crippen LogP contribution in [0.5, 0.6) is 11.6 Å². The number of nitrogens with one attached hydrogen (secondary N) is 1. The molecule has 0 fully saturated rings. The minimum atomic E-state index is -0.593. The number of nitrogens with zero attached hydrogens (tertiary/aromatic N) is 4. The number of anilines is 2. The Morgan fingerprint density at radius 3 is 2.52 bits per heavy atom. The molecule has 0 aliphatic rings. The maximum absolute atomic E-state index is 11.5. The zero-order chi connectivity index (χ0) is 17.8. The molecular formula is C16H12BrN5O3. The van der Waals surface area contributed by atoms with E-state index >= 15 is 0 Å². The van der Waals surface area contributed by atoms with Gasteiger partial charge >= 0.3 is 11.6 Å². The Kier molecular flexibility index (Phi) is 4.85. The molecule has 0 aliphatic carbocycles. The van der Waals surface area contributed by atoms with Gasteiger partial charge in [-0.25, -0.2) is 9.97 Å². The monoisotopic (exact) mass is 401 g/mol. The van der Waals surface area contributed by atoms with Gasteiger partial charge in [-0.05, 0) is 47.1 Å². The van der Waals surface area contributed by atoms with Gasteiger partial charge in [0.25, 0.3) is 0 Å². The van der Waals surface area contributed by atoms with Crippen LogP contribution in [0.1, 0.15) is 5.56 Å². The van der Waals surface area contributed by atoms with Crippen LogP contribution in [0.3, 0.4) is 0 Å². The highest BCUT2D eigenvalue weighted by Crippen LogP contribution is 2.35. The molecule has 0 spiro atoms. The van der Waals surface area contributed by atoms with Gasteiger partial charge in [0, 0.05) is 10.7 Å². The Labute approximate surface area is 151 Å². The molecule has 9 heteroatoms. The van der Waals surface area contributed by atoms with Crippen molar-refractivity contribution in [3.8, 4) is 11.6 Å². The van der Waals surface area contributed by atoms with E-state index in [-0.39, 0.29) is 17.4 Å². The summed E-state index contributed by atoms with van der Waals surface area (Å²) in [5.74, 6) is 0.701. The number of benzene rings is 1. The fourth-order valence-electron chi connectivity index (χ4n) is 1.98. The lowest BCUT2D eigenvalue weighted by molar-refractivity contribution is -0.385. The van der Waals surface area contributed by atoms with E-state index in [1.807, 2.05) is 19.1 Å². The summed E-state index contributed by atoms with van der Waals surface area (Å²) in [5, 5.41) is 14.3. The van der Waals surface area contributed by atoms with Crippen molar-refractivity contribution < 1.29 is 9.66 Å². The molecule has 25 heavy (non-hydrogen) atoms. The number of hydrogen-bond acceptors (Lipinski definition) is 7. The predicted octanol–water partition coefficient (Wildman–Crippen LogP) is 4.39. The molecule has 3 aromatic rings. The highest BCUT2D eigenvalue weighted by atomic mass is 79.9. The van der Waals surface area contributed by atoms with E-state index in [1.165, 1.54) is 6.33 Å². The smallest absolute Gasteiger partial charge is 0.373 e. The van der Waals surface area contributed by atoms with Gasteiger partial charge < -0.3 is 10.1 Å². The standard InChI is InChI=1S/C16H12BrN5O3/c1-10-2-5-12(6-3-10)25-16-14(22(23)24)15(19-9-20-16)21-13-7-4-11(17)8-18-13/h2-9H,1H3,(H,18,19,20,21). The minimum absolute atomic E-state index is 0.00284. The summed E-state index contributed by atoms with van der Waals surface area (Å²) in [4.78, 5) is 22.9. The number of aromatic nitrogens is 3. The van der Waals surface area contributed by atoms with Gasteiger partial charge in [0.05, 0.1) is 4.92 Å². The van der Waals surface area contributed by atoms with Crippen molar-refractivity contribution >= 4 is 33.3 Å². The first kappa shape index (κ1) is 16.8. The van der Waals surface area contributed by atoms with Crippen LogP contribution in [-0.2, 0) is 0 Å². The molecular weight excluding hydrogens is 390 g/mol. The Balaban J connectivity index is 1.94. The van der Waals surface area contributed by atoms with Crippen molar-refractivity contribution in [2.75, 3.05) is 5.32 Å². The molecule has 8 nitrogen and oxygen atoms in total. The largest absolute Gasteiger partial charge is 0.434 e. The van der Waals surface area contributed by atoms with Crippen LogP contribution < -0.4 is 10.1 Å². The van der Waals surface area contributed by atoms with Gasteiger partial charge in [-0.2, -0.15) is 4.98 Å². The summed E-state index contributed by atoms with van der Waals surface area (Å²) in [5.41, 5.74) is 0.681. The molecule has 1 aromatic carbocycles. The van der Waals surface area contributed by atoms with E-state index in [9.17, 15) is 10.1 Å². The minimum Gasteiger partial charge on any atom is -0.434 e. The molecule has 126 valence electrons. The summed E-state index contributed by atoms with van der Waals surface area (Å²) in [6, 6.07) is 10.5. The quantitative estimate of drug-likeness (QED) is 0.499. The summed E-state index contributed by atoms with van der Waals surface area (Å²) >= 11 is 3.28. The zero-order valence-corrected chi connectivity index (χ0v) is 14.6. The Morgan fingerprint density at radius 1 is 1.12 bits per heavy atom. The van der Waals surface area contributed by atoms with Crippen LogP contribution in [0, 0.1) is 17.0 Å². The van der Waals surface area contributed by atoms with Crippen molar-refractivity contribution in [2.45, 2.75) is 6.92 Å². The number of pyridine rings is 1. The van der Waals surface area contributed by atoms with Crippen LogP contribution in [-0.4, -0.2) is 19.9 Å². The molecule has 0 radical (unpaired) electrons. The number of aryl methyl sites for hydroxylation is 1. The molecule has 0 bridgehead atoms. The summed E-state index contributed by atoms with van der Waals surface area (Å²) in [7, 11) is 0. The van der Waals surface area contributed by atoms with Gasteiger partial charge in [-0.3, -0.25) is 10.1 Å². The third-order valence-corrected chi connectivity index (χ3v) is 3.65. The van der Waals surface area contributed by atoms with Crippen molar-refractivity contribution in [3.05, 3.63) is 69.1 Å². The second-order valence-corrected chi connectivity index (χ2v) is 5.95. The van der Waals surface area contributed by atoms with Gasteiger partial charge in [0.2, 0.25) is 5.82 Å². The maximum Gasteiger partial charge on any atom is 0.373 e. The van der Waals surface area contributed by atoms with Crippen LogP contribution in [0.15, 0.2) is 53.4 Å². The highest BCUT2D eigenvalue weighted by molar-refractivity contribution is 9.10. The first-order valence-corrected chi connectivity index (χ1v) is 7.95. The molecule has 1 N–H and O–H groups in total. The van der Waals surface area contributed by atoms with Gasteiger partial charge in [-0.15, -0.1) is 0 Å². The van der Waals surface area contributed by atoms with Crippen molar-refractivity contribution in [1.82, 2.24) is 15.0 Å². The number of halogens is 1. The molecule has 0 saturated carbocycles. The Hall–Kier alpha value is -3.07. The van der Waals surface area contributed by atoms with Gasteiger partial charge in [0.15, 0.2) is 0 Å². The number of ether oxygens (including phenoxy) is 1. The van der Waals surface area contributed by atoms with E-state index in [2.05, 4.69) is 36.2 Å². The fourth-order valence-corrected chi connectivity index (χ4v) is 2.22. The summed E-state index contributed by atoms with van der Waals surface area (Å²) in [6.45, 7) is 1.93. The highest BCUT2D eigenvalue weighted by Gasteiger charge is 2.25. The van der Waals surface area contributed by atoms with Gasteiger partial charge in [-0.1, -0.05) is 17.7 Å². The molecule has 0 atom stereocenters. The number of nitro groups is 1. The first-order valence-electron chi connectivity index (χ1n) is 7.15. The number of rotatable bonds is 5. The summed E-state index contributed by atoms with van der Waals surface area (Å²) < 4.78 is 6.35. The molecule has 0 aliphatic heterocycles. The summed E-state index contributed by atoms with van der Waals surface area (Å²) in [6.07, 6.45) is 2.76. The third kappa shape index (κ3) is 4.07. The molecule has 0 saturated heterocycles.